The van der Waals surface area contributed by atoms with Crippen molar-refractivity contribution in [1.82, 2.24) is 0 Å². The first-order chi connectivity index (χ1) is 7.00. The minimum absolute atomic E-state index is 0.455. The fraction of sp³-hybridized carbons (Fsp3) is 0.500. The zero-order chi connectivity index (χ0) is 11.1. The Morgan fingerprint density at radius 2 is 2.00 bits per heavy atom. The Balaban J connectivity index is 2.16. The van der Waals surface area contributed by atoms with Gasteiger partial charge in [-0.2, -0.15) is 0 Å². The highest BCUT2D eigenvalue weighted by Crippen LogP contribution is 2.53. The number of halogens is 3. The third-order valence-corrected chi connectivity index (χ3v) is 5.10. The molecule has 82 valence electrons. The van der Waals surface area contributed by atoms with E-state index in [1.165, 1.54) is 29.3 Å². The summed E-state index contributed by atoms with van der Waals surface area (Å²) in [5, 5.41) is 0. The molecule has 0 N–H and O–H groups in total. The van der Waals surface area contributed by atoms with Gasteiger partial charge in [0.1, 0.15) is 0 Å². The largest absolute Gasteiger partial charge is 0.0838 e. The van der Waals surface area contributed by atoms with Crippen molar-refractivity contribution in [3.63, 3.8) is 0 Å². The molecule has 1 fully saturated rings. The van der Waals surface area contributed by atoms with E-state index in [0.29, 0.717) is 10.2 Å². The van der Waals surface area contributed by atoms with E-state index in [2.05, 4.69) is 72.9 Å². The number of benzene rings is 1. The maximum absolute atomic E-state index is 3.80. The highest BCUT2D eigenvalue weighted by molar-refractivity contribution is 9.11. The summed E-state index contributed by atoms with van der Waals surface area (Å²) in [5.41, 5.74) is 1.92. The van der Waals surface area contributed by atoms with Crippen molar-refractivity contribution in [2.24, 2.45) is 5.41 Å². The summed E-state index contributed by atoms with van der Waals surface area (Å²) >= 11 is 10.9. The predicted molar refractivity (Wildman–Crippen MR) is 75.5 cm³/mol. The summed E-state index contributed by atoms with van der Waals surface area (Å²) in [6.07, 6.45) is 3.98. The van der Waals surface area contributed by atoms with Crippen LogP contribution in [0.3, 0.4) is 0 Å². The molecule has 1 aromatic carbocycles. The van der Waals surface area contributed by atoms with Gasteiger partial charge in [0.15, 0.2) is 0 Å². The van der Waals surface area contributed by atoms with E-state index in [9.17, 15) is 0 Å². The molecule has 2 rings (SSSR count). The van der Waals surface area contributed by atoms with Gasteiger partial charge in [-0.25, -0.2) is 0 Å². The van der Waals surface area contributed by atoms with Crippen molar-refractivity contribution >= 4 is 47.8 Å². The molecule has 0 amide bonds. The number of hydrogen-bond acceptors (Lipinski definition) is 0. The highest BCUT2D eigenvalue weighted by atomic mass is 79.9. The summed E-state index contributed by atoms with van der Waals surface area (Å²) < 4.78 is 2.34. The van der Waals surface area contributed by atoms with Gasteiger partial charge in [-0.15, -0.1) is 0 Å². The molecule has 0 nitrogen and oxygen atoms in total. The molecule has 3 heteroatoms. The predicted octanol–water partition coefficient (Wildman–Crippen LogP) is 5.84. The minimum Gasteiger partial charge on any atom is -0.0838 e. The summed E-state index contributed by atoms with van der Waals surface area (Å²) in [7, 11) is 0. The average Bonchev–Trinajstić information content (AvgIpc) is 2.87. The van der Waals surface area contributed by atoms with E-state index < -0.39 is 0 Å². The van der Waals surface area contributed by atoms with Crippen LogP contribution in [0.5, 0.6) is 0 Å². The van der Waals surface area contributed by atoms with Crippen LogP contribution in [0.25, 0.3) is 0 Å². The lowest BCUT2D eigenvalue weighted by molar-refractivity contribution is 0.515. The summed E-state index contributed by atoms with van der Waals surface area (Å²) in [6, 6.07) is 6.35. The molecular formula is C12H13Br3. The Labute approximate surface area is 116 Å². The van der Waals surface area contributed by atoms with Gasteiger partial charge in [-0.05, 0) is 48.4 Å². The van der Waals surface area contributed by atoms with E-state index in [1.807, 2.05) is 0 Å². The van der Waals surface area contributed by atoms with Crippen molar-refractivity contribution in [3.8, 4) is 0 Å². The fourth-order valence-electron chi connectivity index (χ4n) is 1.71. The molecule has 1 aromatic rings. The zero-order valence-electron chi connectivity index (χ0n) is 8.56. The van der Waals surface area contributed by atoms with Gasteiger partial charge in [0.05, 0.1) is 0 Å². The van der Waals surface area contributed by atoms with E-state index >= 15 is 0 Å². The quantitative estimate of drug-likeness (QED) is 0.563. The number of rotatable bonds is 3. The summed E-state index contributed by atoms with van der Waals surface area (Å²) in [6.45, 7) is 2.37. The highest BCUT2D eigenvalue weighted by Gasteiger charge is 2.39. The van der Waals surface area contributed by atoms with Crippen LogP contribution < -0.4 is 0 Å². The van der Waals surface area contributed by atoms with Crippen molar-refractivity contribution in [2.75, 3.05) is 0 Å². The zero-order valence-corrected chi connectivity index (χ0v) is 13.3. The first-order valence-corrected chi connectivity index (χ1v) is 7.59. The summed E-state index contributed by atoms with van der Waals surface area (Å²) in [4.78, 5) is 0.455. The third-order valence-electron chi connectivity index (χ3n) is 3.07. The lowest BCUT2D eigenvalue weighted by atomic mass is 9.99. The van der Waals surface area contributed by atoms with E-state index in [-0.39, 0.29) is 0 Å². The molecular weight excluding hydrogens is 384 g/mol. The molecule has 0 spiro atoms. The van der Waals surface area contributed by atoms with Gasteiger partial charge in [0.25, 0.3) is 0 Å². The second-order valence-corrected chi connectivity index (χ2v) is 7.52. The first kappa shape index (κ1) is 12.1. The van der Waals surface area contributed by atoms with E-state index in [0.717, 1.165) is 4.47 Å². The molecule has 1 aliphatic rings. The lowest BCUT2D eigenvalue weighted by Gasteiger charge is -2.16. The maximum Gasteiger partial charge on any atom is 0.0412 e. The van der Waals surface area contributed by atoms with Gasteiger partial charge in [0, 0.05) is 13.8 Å². The monoisotopic (exact) mass is 394 g/mol. The first-order valence-electron chi connectivity index (χ1n) is 5.09. The van der Waals surface area contributed by atoms with Gasteiger partial charge in [-0.3, -0.25) is 0 Å². The summed E-state index contributed by atoms with van der Waals surface area (Å²) in [5.74, 6) is 0. The van der Waals surface area contributed by atoms with Crippen LogP contribution in [0.1, 0.15) is 36.6 Å². The SMILES string of the molecule is CC1(CC(Br)c2cc(Br)ccc2Br)CC1. The van der Waals surface area contributed by atoms with Crippen LogP contribution in [-0.4, -0.2) is 0 Å². The Bertz CT molecular complexity index is 369. The van der Waals surface area contributed by atoms with Gasteiger partial charge >= 0.3 is 0 Å². The third kappa shape index (κ3) is 3.07. The molecule has 0 heterocycles. The van der Waals surface area contributed by atoms with Gasteiger partial charge in [-0.1, -0.05) is 54.7 Å². The second-order valence-electron chi connectivity index (χ2n) is 4.65. The van der Waals surface area contributed by atoms with Crippen molar-refractivity contribution < 1.29 is 0 Å². The molecule has 0 bridgehead atoms. The molecule has 1 unspecified atom stereocenters. The lowest BCUT2D eigenvalue weighted by Crippen LogP contribution is -2.00. The van der Waals surface area contributed by atoms with Crippen LogP contribution in [0.15, 0.2) is 27.1 Å². The Morgan fingerprint density at radius 3 is 2.60 bits per heavy atom. The smallest absolute Gasteiger partial charge is 0.0412 e. The van der Waals surface area contributed by atoms with Gasteiger partial charge in [0.2, 0.25) is 0 Å². The van der Waals surface area contributed by atoms with Crippen molar-refractivity contribution in [1.29, 1.82) is 0 Å². The van der Waals surface area contributed by atoms with E-state index in [4.69, 9.17) is 0 Å². The minimum atomic E-state index is 0.455. The Kier molecular flexibility index (Phi) is 3.64. The molecule has 1 atom stereocenters. The van der Waals surface area contributed by atoms with Crippen LogP contribution >= 0.6 is 47.8 Å². The number of hydrogen-bond donors (Lipinski definition) is 0. The maximum atomic E-state index is 3.80. The molecule has 0 aromatic heterocycles. The molecule has 1 aliphatic carbocycles. The van der Waals surface area contributed by atoms with Crippen molar-refractivity contribution in [3.05, 3.63) is 32.7 Å². The van der Waals surface area contributed by atoms with Crippen molar-refractivity contribution in [2.45, 2.75) is 31.0 Å². The topological polar surface area (TPSA) is 0 Å². The molecule has 0 aliphatic heterocycles. The van der Waals surface area contributed by atoms with Gasteiger partial charge < -0.3 is 0 Å². The molecule has 1 saturated carbocycles. The van der Waals surface area contributed by atoms with Crippen LogP contribution in [0.4, 0.5) is 0 Å². The van der Waals surface area contributed by atoms with Crippen LogP contribution in [-0.2, 0) is 0 Å². The fourth-order valence-corrected chi connectivity index (χ4v) is 4.08. The Morgan fingerprint density at radius 1 is 1.33 bits per heavy atom. The molecule has 0 radical (unpaired) electrons. The standard InChI is InChI=1S/C12H13Br3/c1-12(4-5-12)7-11(15)9-6-8(13)2-3-10(9)14/h2-3,6,11H,4-5,7H2,1H3. The van der Waals surface area contributed by atoms with E-state index in [1.54, 1.807) is 0 Å². The molecule has 0 saturated heterocycles. The Hall–Kier alpha value is 0.660. The normalized spacial score (nSPS) is 20.0. The van der Waals surface area contributed by atoms with Crippen LogP contribution in [0, 0.1) is 5.41 Å². The second kappa shape index (κ2) is 4.50. The molecule has 15 heavy (non-hydrogen) atoms. The number of alkyl halides is 1. The van der Waals surface area contributed by atoms with Crippen LogP contribution in [0.2, 0.25) is 0 Å². The average molecular weight is 397 g/mol.